The number of hydrogen-bond acceptors (Lipinski definition) is 3. The van der Waals surface area contributed by atoms with Crippen LogP contribution in [0, 0.1) is 6.92 Å². The standard InChI is InChI=1S/C10H13ClO3/c1-6-5-8(11)10(14-2)9(13)7(6)3-4-12/h5,12-13H,3-4H2,1-2H3. The first-order chi connectivity index (χ1) is 6.61. The van der Waals surface area contributed by atoms with Crippen LogP contribution in [0.3, 0.4) is 0 Å². The first-order valence-corrected chi connectivity index (χ1v) is 4.65. The van der Waals surface area contributed by atoms with E-state index in [0.29, 0.717) is 17.0 Å². The predicted molar refractivity (Wildman–Crippen MR) is 55.2 cm³/mol. The summed E-state index contributed by atoms with van der Waals surface area (Å²) < 4.78 is 4.95. The minimum atomic E-state index is -0.0147. The summed E-state index contributed by atoms with van der Waals surface area (Å²) in [6.45, 7) is 1.81. The number of hydrogen-bond donors (Lipinski definition) is 2. The normalized spacial score (nSPS) is 10.3. The fraction of sp³-hybridized carbons (Fsp3) is 0.400. The average molecular weight is 217 g/mol. The zero-order valence-corrected chi connectivity index (χ0v) is 8.93. The summed E-state index contributed by atoms with van der Waals surface area (Å²) in [6, 6.07) is 1.71. The van der Waals surface area contributed by atoms with Crippen molar-refractivity contribution < 1.29 is 14.9 Å². The molecule has 1 aromatic rings. The Bertz CT molecular complexity index is 337. The number of phenolic OH excluding ortho intramolecular Hbond substituents is 1. The Morgan fingerprint density at radius 3 is 2.64 bits per heavy atom. The Balaban J connectivity index is 3.28. The second-order valence-electron chi connectivity index (χ2n) is 3.01. The molecule has 4 heteroatoms. The summed E-state index contributed by atoms with van der Waals surface area (Å²) in [5.74, 6) is 0.285. The second kappa shape index (κ2) is 4.53. The zero-order valence-electron chi connectivity index (χ0n) is 8.17. The summed E-state index contributed by atoms with van der Waals surface area (Å²) in [4.78, 5) is 0. The van der Waals surface area contributed by atoms with Gasteiger partial charge in [-0.3, -0.25) is 0 Å². The number of ether oxygens (including phenoxy) is 1. The smallest absolute Gasteiger partial charge is 0.179 e. The number of methoxy groups -OCH3 is 1. The lowest BCUT2D eigenvalue weighted by Crippen LogP contribution is -1.97. The fourth-order valence-corrected chi connectivity index (χ4v) is 1.73. The largest absolute Gasteiger partial charge is 0.504 e. The maximum absolute atomic E-state index is 9.76. The van der Waals surface area contributed by atoms with Crippen molar-refractivity contribution in [1.29, 1.82) is 0 Å². The van der Waals surface area contributed by atoms with Crippen LogP contribution in [-0.2, 0) is 6.42 Å². The minimum absolute atomic E-state index is 0.0147. The molecule has 1 aromatic carbocycles. The molecule has 0 unspecified atom stereocenters. The zero-order chi connectivity index (χ0) is 10.7. The number of aliphatic hydroxyl groups excluding tert-OH is 1. The molecule has 0 heterocycles. The predicted octanol–water partition coefficient (Wildman–Crippen LogP) is 1.90. The van der Waals surface area contributed by atoms with Gasteiger partial charge in [-0.2, -0.15) is 0 Å². The summed E-state index contributed by atoms with van der Waals surface area (Å²) in [6.07, 6.45) is 0.394. The SMILES string of the molecule is COc1c(Cl)cc(C)c(CCO)c1O. The Kier molecular flexibility index (Phi) is 3.61. The van der Waals surface area contributed by atoms with Gasteiger partial charge in [0.25, 0.3) is 0 Å². The molecular weight excluding hydrogens is 204 g/mol. The van der Waals surface area contributed by atoms with Crippen molar-refractivity contribution in [3.05, 3.63) is 22.2 Å². The van der Waals surface area contributed by atoms with Gasteiger partial charge in [0.1, 0.15) is 0 Å². The highest BCUT2D eigenvalue weighted by Crippen LogP contribution is 2.39. The topological polar surface area (TPSA) is 49.7 Å². The van der Waals surface area contributed by atoms with Crippen molar-refractivity contribution in [1.82, 2.24) is 0 Å². The third kappa shape index (κ3) is 1.94. The molecule has 0 amide bonds. The molecule has 0 saturated carbocycles. The van der Waals surface area contributed by atoms with E-state index in [1.54, 1.807) is 6.07 Å². The van der Waals surface area contributed by atoms with Crippen LogP contribution in [0.2, 0.25) is 5.02 Å². The number of aryl methyl sites for hydroxylation is 1. The van der Waals surface area contributed by atoms with E-state index in [1.807, 2.05) is 6.92 Å². The van der Waals surface area contributed by atoms with Crippen molar-refractivity contribution in [2.24, 2.45) is 0 Å². The lowest BCUT2D eigenvalue weighted by atomic mass is 10.0. The van der Waals surface area contributed by atoms with Crippen LogP contribution in [-0.4, -0.2) is 23.9 Å². The van der Waals surface area contributed by atoms with Crippen molar-refractivity contribution in [2.45, 2.75) is 13.3 Å². The molecular formula is C10H13ClO3. The van der Waals surface area contributed by atoms with Gasteiger partial charge in [-0.1, -0.05) is 11.6 Å². The third-order valence-corrected chi connectivity index (χ3v) is 2.38. The van der Waals surface area contributed by atoms with Gasteiger partial charge in [-0.25, -0.2) is 0 Å². The van der Waals surface area contributed by atoms with Gasteiger partial charge in [0.2, 0.25) is 0 Å². The van der Waals surface area contributed by atoms with E-state index in [2.05, 4.69) is 0 Å². The molecule has 78 valence electrons. The molecule has 0 aliphatic rings. The van der Waals surface area contributed by atoms with Gasteiger partial charge in [0, 0.05) is 12.2 Å². The van der Waals surface area contributed by atoms with Gasteiger partial charge in [0.05, 0.1) is 12.1 Å². The number of rotatable bonds is 3. The minimum Gasteiger partial charge on any atom is -0.504 e. The van der Waals surface area contributed by atoms with Crippen molar-refractivity contribution in [2.75, 3.05) is 13.7 Å². The van der Waals surface area contributed by atoms with Crippen molar-refractivity contribution in [3.63, 3.8) is 0 Å². The van der Waals surface area contributed by atoms with E-state index in [9.17, 15) is 5.11 Å². The van der Waals surface area contributed by atoms with Crippen LogP contribution >= 0.6 is 11.6 Å². The molecule has 1 rings (SSSR count). The first-order valence-electron chi connectivity index (χ1n) is 4.27. The number of aromatic hydroxyl groups is 1. The number of aliphatic hydroxyl groups is 1. The number of phenols is 1. The van der Waals surface area contributed by atoms with Gasteiger partial charge in [-0.05, 0) is 25.0 Å². The summed E-state index contributed by atoms with van der Waals surface area (Å²) >= 11 is 5.86. The van der Waals surface area contributed by atoms with Crippen molar-refractivity contribution in [3.8, 4) is 11.5 Å². The highest BCUT2D eigenvalue weighted by atomic mass is 35.5. The van der Waals surface area contributed by atoms with Crippen LogP contribution in [0.25, 0.3) is 0 Å². The van der Waals surface area contributed by atoms with E-state index >= 15 is 0 Å². The molecule has 2 N–H and O–H groups in total. The van der Waals surface area contributed by atoms with Crippen molar-refractivity contribution >= 4 is 11.6 Å². The molecule has 0 saturated heterocycles. The van der Waals surface area contributed by atoms with Crippen LogP contribution in [0.4, 0.5) is 0 Å². The lowest BCUT2D eigenvalue weighted by molar-refractivity contribution is 0.295. The van der Waals surface area contributed by atoms with E-state index in [-0.39, 0.29) is 18.1 Å². The summed E-state index contributed by atoms with van der Waals surface area (Å²) in [5.41, 5.74) is 1.52. The lowest BCUT2D eigenvalue weighted by Gasteiger charge is -2.12. The number of benzene rings is 1. The second-order valence-corrected chi connectivity index (χ2v) is 3.42. The van der Waals surface area contributed by atoms with Gasteiger partial charge >= 0.3 is 0 Å². The Labute approximate surface area is 87.9 Å². The highest BCUT2D eigenvalue weighted by molar-refractivity contribution is 6.32. The quantitative estimate of drug-likeness (QED) is 0.812. The Morgan fingerprint density at radius 1 is 1.50 bits per heavy atom. The van der Waals surface area contributed by atoms with E-state index in [0.717, 1.165) is 5.56 Å². The molecule has 0 bridgehead atoms. The molecule has 0 aromatic heterocycles. The number of halogens is 1. The molecule has 0 radical (unpaired) electrons. The Morgan fingerprint density at radius 2 is 2.14 bits per heavy atom. The van der Waals surface area contributed by atoms with Crippen LogP contribution in [0.1, 0.15) is 11.1 Å². The van der Waals surface area contributed by atoms with E-state index in [4.69, 9.17) is 21.4 Å². The molecule has 0 spiro atoms. The van der Waals surface area contributed by atoms with E-state index in [1.165, 1.54) is 7.11 Å². The summed E-state index contributed by atoms with van der Waals surface area (Å²) in [5, 5.41) is 19.0. The van der Waals surface area contributed by atoms with Crippen LogP contribution in [0.5, 0.6) is 11.5 Å². The maximum Gasteiger partial charge on any atom is 0.179 e. The van der Waals surface area contributed by atoms with Crippen LogP contribution < -0.4 is 4.74 Å². The highest BCUT2D eigenvalue weighted by Gasteiger charge is 2.14. The molecule has 0 atom stereocenters. The molecule has 0 aliphatic heterocycles. The van der Waals surface area contributed by atoms with E-state index < -0.39 is 0 Å². The monoisotopic (exact) mass is 216 g/mol. The maximum atomic E-state index is 9.76. The average Bonchev–Trinajstić information content (AvgIpc) is 2.12. The molecule has 0 fully saturated rings. The van der Waals surface area contributed by atoms with Gasteiger partial charge in [-0.15, -0.1) is 0 Å². The van der Waals surface area contributed by atoms with Gasteiger partial charge in [0.15, 0.2) is 11.5 Å². The first kappa shape index (κ1) is 11.1. The van der Waals surface area contributed by atoms with Crippen LogP contribution in [0.15, 0.2) is 6.07 Å². The Hall–Kier alpha value is -0.930. The summed E-state index contributed by atoms with van der Waals surface area (Å²) in [7, 11) is 1.44. The molecule has 3 nitrogen and oxygen atoms in total. The third-order valence-electron chi connectivity index (χ3n) is 2.10. The molecule has 14 heavy (non-hydrogen) atoms. The van der Waals surface area contributed by atoms with Gasteiger partial charge < -0.3 is 14.9 Å². The molecule has 0 aliphatic carbocycles. The fourth-order valence-electron chi connectivity index (χ4n) is 1.40.